The van der Waals surface area contributed by atoms with Gasteiger partial charge in [-0.25, -0.2) is 4.39 Å². The van der Waals surface area contributed by atoms with E-state index in [-0.39, 0.29) is 24.8 Å². The van der Waals surface area contributed by atoms with Gasteiger partial charge in [0.25, 0.3) is 0 Å². The number of ether oxygens (including phenoxy) is 2. The first-order valence-corrected chi connectivity index (χ1v) is 7.66. The molecule has 6 heteroatoms. The first-order chi connectivity index (χ1) is 11.0. The van der Waals surface area contributed by atoms with Crippen molar-refractivity contribution in [3.63, 3.8) is 0 Å². The number of halogens is 1. The maximum Gasteiger partial charge on any atom is 0.310 e. The SMILES string of the molecule is CCOCCN(C[C@@H](C)C(=O)OC)C(=O)Cc1ccccc1F. The number of nitrogens with zero attached hydrogens (tertiary/aromatic N) is 1. The highest BCUT2D eigenvalue weighted by Gasteiger charge is 2.22. The molecule has 128 valence electrons. The maximum atomic E-state index is 13.7. The Bertz CT molecular complexity index is 521. The van der Waals surface area contributed by atoms with E-state index >= 15 is 0 Å². The van der Waals surface area contributed by atoms with E-state index in [4.69, 9.17) is 4.74 Å². The van der Waals surface area contributed by atoms with Crippen LogP contribution in [0.15, 0.2) is 24.3 Å². The second-order valence-electron chi connectivity index (χ2n) is 5.23. The maximum absolute atomic E-state index is 13.7. The van der Waals surface area contributed by atoms with Gasteiger partial charge in [0.1, 0.15) is 5.82 Å². The second-order valence-corrected chi connectivity index (χ2v) is 5.23. The van der Waals surface area contributed by atoms with Crippen molar-refractivity contribution in [3.05, 3.63) is 35.6 Å². The summed E-state index contributed by atoms with van der Waals surface area (Å²) in [6.45, 7) is 5.03. The zero-order valence-corrected chi connectivity index (χ0v) is 13.9. The smallest absolute Gasteiger partial charge is 0.310 e. The van der Waals surface area contributed by atoms with Crippen LogP contribution in [-0.2, 0) is 25.5 Å². The molecular weight excluding hydrogens is 301 g/mol. The Morgan fingerprint density at radius 2 is 2.00 bits per heavy atom. The number of hydrogen-bond donors (Lipinski definition) is 0. The fourth-order valence-corrected chi connectivity index (χ4v) is 2.16. The van der Waals surface area contributed by atoms with Crippen molar-refractivity contribution >= 4 is 11.9 Å². The third kappa shape index (κ3) is 6.36. The Kier molecular flexibility index (Phi) is 8.26. The predicted octanol–water partition coefficient (Wildman–Crippen LogP) is 2.04. The first-order valence-electron chi connectivity index (χ1n) is 7.66. The number of benzene rings is 1. The van der Waals surface area contributed by atoms with Crippen LogP contribution in [0.2, 0.25) is 0 Å². The molecule has 0 N–H and O–H groups in total. The van der Waals surface area contributed by atoms with Gasteiger partial charge in [-0.3, -0.25) is 9.59 Å². The van der Waals surface area contributed by atoms with E-state index in [2.05, 4.69) is 4.74 Å². The van der Waals surface area contributed by atoms with Crippen molar-refractivity contribution in [2.45, 2.75) is 20.3 Å². The largest absolute Gasteiger partial charge is 0.469 e. The normalized spacial score (nSPS) is 11.8. The molecular formula is C17H24FNO4. The molecule has 0 radical (unpaired) electrons. The Hall–Kier alpha value is -1.95. The third-order valence-electron chi connectivity index (χ3n) is 3.46. The summed E-state index contributed by atoms with van der Waals surface area (Å²) < 4.78 is 23.7. The molecule has 0 heterocycles. The fraction of sp³-hybridized carbons (Fsp3) is 0.529. The number of methoxy groups -OCH3 is 1. The molecule has 1 amide bonds. The highest BCUT2D eigenvalue weighted by atomic mass is 19.1. The molecule has 0 bridgehead atoms. The number of hydrogen-bond acceptors (Lipinski definition) is 4. The third-order valence-corrected chi connectivity index (χ3v) is 3.46. The molecule has 0 unspecified atom stereocenters. The number of esters is 1. The van der Waals surface area contributed by atoms with Gasteiger partial charge in [-0.05, 0) is 18.6 Å². The predicted molar refractivity (Wildman–Crippen MR) is 84.4 cm³/mol. The Labute approximate surface area is 136 Å². The van der Waals surface area contributed by atoms with Crippen molar-refractivity contribution in [2.24, 2.45) is 5.92 Å². The highest BCUT2D eigenvalue weighted by molar-refractivity contribution is 5.80. The van der Waals surface area contributed by atoms with E-state index in [1.165, 1.54) is 18.1 Å². The van der Waals surface area contributed by atoms with Crippen LogP contribution in [0.3, 0.4) is 0 Å². The van der Waals surface area contributed by atoms with Crippen molar-refractivity contribution < 1.29 is 23.5 Å². The minimum atomic E-state index is -0.453. The second kappa shape index (κ2) is 9.94. The van der Waals surface area contributed by atoms with Gasteiger partial charge in [-0.15, -0.1) is 0 Å². The monoisotopic (exact) mass is 325 g/mol. The minimum Gasteiger partial charge on any atom is -0.469 e. The van der Waals surface area contributed by atoms with Gasteiger partial charge in [0.2, 0.25) is 5.91 Å². The summed E-state index contributed by atoms with van der Waals surface area (Å²) in [4.78, 5) is 25.5. The molecule has 0 saturated carbocycles. The van der Waals surface area contributed by atoms with Crippen LogP contribution in [-0.4, -0.2) is 50.2 Å². The lowest BCUT2D eigenvalue weighted by Crippen LogP contribution is -2.40. The molecule has 23 heavy (non-hydrogen) atoms. The van der Waals surface area contributed by atoms with Crippen LogP contribution < -0.4 is 0 Å². The molecule has 0 saturated heterocycles. The van der Waals surface area contributed by atoms with Gasteiger partial charge < -0.3 is 14.4 Å². The molecule has 0 aliphatic heterocycles. The van der Waals surface area contributed by atoms with E-state index in [0.29, 0.717) is 25.3 Å². The lowest BCUT2D eigenvalue weighted by atomic mass is 10.1. The number of amides is 1. The lowest BCUT2D eigenvalue weighted by Gasteiger charge is -2.25. The summed E-state index contributed by atoms with van der Waals surface area (Å²) in [6, 6.07) is 6.17. The van der Waals surface area contributed by atoms with Gasteiger partial charge in [0.15, 0.2) is 0 Å². The van der Waals surface area contributed by atoms with Crippen LogP contribution >= 0.6 is 0 Å². The summed E-state index contributed by atoms with van der Waals surface area (Å²) >= 11 is 0. The topological polar surface area (TPSA) is 55.8 Å². The van der Waals surface area contributed by atoms with Gasteiger partial charge in [-0.1, -0.05) is 25.1 Å². The molecule has 1 aromatic rings. The highest BCUT2D eigenvalue weighted by Crippen LogP contribution is 2.10. The van der Waals surface area contributed by atoms with Gasteiger partial charge in [-0.2, -0.15) is 0 Å². The Morgan fingerprint density at radius 3 is 2.61 bits per heavy atom. The molecule has 1 aromatic carbocycles. The summed E-state index contributed by atoms with van der Waals surface area (Å²) in [6.07, 6.45) is -0.0489. The van der Waals surface area contributed by atoms with E-state index < -0.39 is 11.7 Å². The van der Waals surface area contributed by atoms with Crippen LogP contribution in [0.4, 0.5) is 4.39 Å². The van der Waals surface area contributed by atoms with Crippen LogP contribution in [0.1, 0.15) is 19.4 Å². The van der Waals surface area contributed by atoms with Crippen molar-refractivity contribution in [1.29, 1.82) is 0 Å². The number of carbonyl (C=O) groups excluding carboxylic acids is 2. The van der Waals surface area contributed by atoms with Gasteiger partial charge >= 0.3 is 5.97 Å². The standard InChI is InChI=1S/C17H24FNO4/c1-4-23-10-9-19(12-13(2)17(21)22-3)16(20)11-14-7-5-6-8-15(14)18/h5-8,13H,4,9-12H2,1-3H3/t13-/m1/s1. The van der Waals surface area contributed by atoms with Crippen LogP contribution in [0.25, 0.3) is 0 Å². The summed E-state index contributed by atoms with van der Waals surface area (Å²) in [7, 11) is 1.31. The van der Waals surface area contributed by atoms with Crippen molar-refractivity contribution in [1.82, 2.24) is 4.90 Å². The molecule has 0 spiro atoms. The molecule has 1 rings (SSSR count). The number of carbonyl (C=O) groups is 2. The molecule has 1 atom stereocenters. The molecule has 0 fully saturated rings. The van der Waals surface area contributed by atoms with Gasteiger partial charge in [0.05, 0.1) is 26.1 Å². The summed E-state index contributed by atoms with van der Waals surface area (Å²) in [5, 5.41) is 0. The first kappa shape index (κ1) is 19.1. The van der Waals surface area contributed by atoms with E-state index in [1.54, 1.807) is 25.1 Å². The van der Waals surface area contributed by atoms with E-state index in [9.17, 15) is 14.0 Å². The zero-order chi connectivity index (χ0) is 17.2. The Balaban J connectivity index is 2.75. The molecule has 0 aliphatic carbocycles. The molecule has 5 nitrogen and oxygen atoms in total. The van der Waals surface area contributed by atoms with Crippen molar-refractivity contribution in [2.75, 3.05) is 33.4 Å². The Morgan fingerprint density at radius 1 is 1.30 bits per heavy atom. The van der Waals surface area contributed by atoms with Gasteiger partial charge in [0, 0.05) is 19.7 Å². The zero-order valence-electron chi connectivity index (χ0n) is 13.9. The molecule has 0 aliphatic rings. The lowest BCUT2D eigenvalue weighted by molar-refractivity contribution is -0.146. The quantitative estimate of drug-likeness (QED) is 0.515. The average Bonchev–Trinajstić information content (AvgIpc) is 2.55. The van der Waals surface area contributed by atoms with E-state index in [1.807, 2.05) is 6.92 Å². The fourth-order valence-electron chi connectivity index (χ4n) is 2.16. The summed E-state index contributed by atoms with van der Waals surface area (Å²) in [5.41, 5.74) is 0.338. The average molecular weight is 325 g/mol. The molecule has 0 aromatic heterocycles. The van der Waals surface area contributed by atoms with Crippen LogP contribution in [0, 0.1) is 11.7 Å². The number of rotatable bonds is 9. The van der Waals surface area contributed by atoms with Crippen molar-refractivity contribution in [3.8, 4) is 0 Å². The summed E-state index contributed by atoms with van der Waals surface area (Å²) in [5.74, 6) is -1.49. The minimum absolute atomic E-state index is 0.0489. The van der Waals surface area contributed by atoms with Crippen LogP contribution in [0.5, 0.6) is 0 Å². The van der Waals surface area contributed by atoms with E-state index in [0.717, 1.165) is 0 Å².